The normalized spacial score (nSPS) is 32.8. The van der Waals surface area contributed by atoms with Crippen LogP contribution in [0, 0.1) is 11.7 Å². The van der Waals surface area contributed by atoms with Crippen molar-refractivity contribution in [2.75, 3.05) is 13.1 Å². The Morgan fingerprint density at radius 2 is 2.09 bits per heavy atom. The van der Waals surface area contributed by atoms with Crippen LogP contribution >= 0.6 is 0 Å². The van der Waals surface area contributed by atoms with Crippen LogP contribution in [0.3, 0.4) is 0 Å². The molecule has 1 aromatic carbocycles. The number of piperidine rings is 3. The quantitative estimate of drug-likeness (QED) is 0.841. The van der Waals surface area contributed by atoms with Crippen molar-refractivity contribution >= 4 is 11.6 Å². The lowest BCUT2D eigenvalue weighted by Gasteiger charge is -2.46. The molecule has 4 aliphatic rings. The predicted octanol–water partition coefficient (Wildman–Crippen LogP) is 2.57. The van der Waals surface area contributed by atoms with E-state index in [0.29, 0.717) is 12.3 Å². The van der Waals surface area contributed by atoms with Gasteiger partial charge >= 0.3 is 0 Å². The van der Waals surface area contributed by atoms with Crippen LogP contribution in [0.1, 0.15) is 37.8 Å². The Morgan fingerprint density at radius 3 is 2.77 bits per heavy atom. The van der Waals surface area contributed by atoms with Crippen LogP contribution in [0.15, 0.2) is 29.4 Å². The lowest BCUT2D eigenvalue weighted by molar-refractivity contribution is -0.133. The molecule has 4 aliphatic heterocycles. The number of hydrogen-bond acceptors (Lipinski definition) is 3. The van der Waals surface area contributed by atoms with Gasteiger partial charge in [0.1, 0.15) is 11.9 Å². The molecule has 4 nitrogen and oxygen atoms in total. The van der Waals surface area contributed by atoms with E-state index in [1.807, 2.05) is 13.0 Å². The topological polar surface area (TPSA) is 35.9 Å². The first-order valence-corrected chi connectivity index (χ1v) is 8.09. The van der Waals surface area contributed by atoms with Gasteiger partial charge in [0.15, 0.2) is 0 Å². The molecule has 2 atom stereocenters. The van der Waals surface area contributed by atoms with Crippen LogP contribution in [0.25, 0.3) is 0 Å². The first-order valence-electron chi connectivity index (χ1n) is 8.09. The number of carbonyl (C=O) groups is 1. The molecule has 1 amide bonds. The molecule has 5 heteroatoms. The van der Waals surface area contributed by atoms with E-state index >= 15 is 0 Å². The van der Waals surface area contributed by atoms with Gasteiger partial charge in [-0.2, -0.15) is 5.10 Å². The summed E-state index contributed by atoms with van der Waals surface area (Å²) in [7, 11) is 0. The molecule has 116 valence electrons. The standard InChI is InChI=1S/C17H20FN3O/c1-2-14(22)21-16(12-4-3-5-13(18)10-12)17-15(19-21)11-6-8-20(17)9-7-11/h3-5,10-11,16-17H,2,6-9H2,1H3/t16-,17-/m0/s1. The number of halogens is 1. The van der Waals surface area contributed by atoms with Gasteiger partial charge in [0, 0.05) is 12.3 Å². The van der Waals surface area contributed by atoms with Gasteiger partial charge in [0.05, 0.1) is 11.8 Å². The molecule has 1 aromatic rings. The SMILES string of the molecule is CCC(=O)N1N=C2C3CCN(CC3)[C@@H]2[C@@H]1c1cccc(F)c1. The van der Waals surface area contributed by atoms with Gasteiger partial charge in [-0.05, 0) is 43.6 Å². The molecule has 0 saturated carbocycles. The molecular weight excluding hydrogens is 281 g/mol. The fourth-order valence-electron chi connectivity index (χ4n) is 4.11. The van der Waals surface area contributed by atoms with Crippen LogP contribution in [-0.4, -0.2) is 40.7 Å². The Balaban J connectivity index is 1.78. The van der Waals surface area contributed by atoms with Crippen LogP contribution in [-0.2, 0) is 4.79 Å². The molecule has 0 aromatic heterocycles. The second-order valence-corrected chi connectivity index (χ2v) is 6.37. The summed E-state index contributed by atoms with van der Waals surface area (Å²) >= 11 is 0. The minimum atomic E-state index is -0.259. The summed E-state index contributed by atoms with van der Waals surface area (Å²) in [6.45, 7) is 3.95. The molecule has 3 fully saturated rings. The van der Waals surface area contributed by atoms with E-state index in [9.17, 15) is 9.18 Å². The van der Waals surface area contributed by atoms with E-state index in [2.05, 4.69) is 10.0 Å². The van der Waals surface area contributed by atoms with Crippen LogP contribution in [0.2, 0.25) is 0 Å². The third kappa shape index (κ3) is 1.99. The number of nitrogens with zero attached hydrogens (tertiary/aromatic N) is 3. The molecule has 0 aliphatic carbocycles. The molecule has 0 radical (unpaired) electrons. The minimum absolute atomic E-state index is 0.0109. The summed E-state index contributed by atoms with van der Waals surface area (Å²) in [5, 5.41) is 6.30. The monoisotopic (exact) mass is 301 g/mol. The second kappa shape index (κ2) is 5.16. The summed E-state index contributed by atoms with van der Waals surface area (Å²) in [6.07, 6.45) is 2.67. The summed E-state index contributed by atoms with van der Waals surface area (Å²) in [5.74, 6) is 0.239. The molecular formula is C17H20FN3O. The molecule has 0 unspecified atom stereocenters. The average molecular weight is 301 g/mol. The van der Waals surface area contributed by atoms with Gasteiger partial charge in [-0.25, -0.2) is 9.40 Å². The first-order chi connectivity index (χ1) is 10.7. The molecule has 3 saturated heterocycles. The van der Waals surface area contributed by atoms with Crippen molar-refractivity contribution in [2.24, 2.45) is 11.0 Å². The Labute approximate surface area is 129 Å². The summed E-state index contributed by atoms with van der Waals surface area (Å²) < 4.78 is 13.7. The summed E-state index contributed by atoms with van der Waals surface area (Å²) in [4.78, 5) is 14.8. The molecule has 0 N–H and O–H groups in total. The van der Waals surface area contributed by atoms with Crippen LogP contribution in [0.5, 0.6) is 0 Å². The van der Waals surface area contributed by atoms with Crippen molar-refractivity contribution in [1.29, 1.82) is 0 Å². The Hall–Kier alpha value is -1.75. The van der Waals surface area contributed by atoms with Crippen molar-refractivity contribution in [3.05, 3.63) is 35.6 Å². The highest BCUT2D eigenvalue weighted by Gasteiger charge is 2.50. The molecule has 0 spiro atoms. The number of carbonyl (C=O) groups excluding carboxylic acids is 1. The van der Waals surface area contributed by atoms with Crippen LogP contribution < -0.4 is 0 Å². The predicted molar refractivity (Wildman–Crippen MR) is 81.8 cm³/mol. The van der Waals surface area contributed by atoms with Crippen molar-refractivity contribution in [1.82, 2.24) is 9.91 Å². The van der Waals surface area contributed by atoms with Gasteiger partial charge in [-0.3, -0.25) is 9.69 Å². The van der Waals surface area contributed by atoms with Crippen molar-refractivity contribution in [3.8, 4) is 0 Å². The molecule has 4 heterocycles. The maximum absolute atomic E-state index is 13.7. The second-order valence-electron chi connectivity index (χ2n) is 6.37. The molecule has 22 heavy (non-hydrogen) atoms. The highest BCUT2D eigenvalue weighted by Crippen LogP contribution is 2.43. The van der Waals surface area contributed by atoms with Crippen LogP contribution in [0.4, 0.5) is 4.39 Å². The van der Waals surface area contributed by atoms with E-state index in [0.717, 1.165) is 37.2 Å². The third-order valence-corrected chi connectivity index (χ3v) is 5.18. The fourth-order valence-corrected chi connectivity index (χ4v) is 4.11. The lowest BCUT2D eigenvalue weighted by atomic mass is 9.78. The smallest absolute Gasteiger partial charge is 0.243 e. The summed E-state index contributed by atoms with van der Waals surface area (Å²) in [5.41, 5.74) is 1.98. The Morgan fingerprint density at radius 1 is 1.32 bits per heavy atom. The first kappa shape index (κ1) is 13.9. The number of hydrogen-bond donors (Lipinski definition) is 0. The maximum Gasteiger partial charge on any atom is 0.243 e. The molecule has 2 bridgehead atoms. The van der Waals surface area contributed by atoms with Gasteiger partial charge in [0.25, 0.3) is 0 Å². The number of amides is 1. The van der Waals surface area contributed by atoms with E-state index in [1.54, 1.807) is 17.1 Å². The van der Waals surface area contributed by atoms with Crippen molar-refractivity contribution < 1.29 is 9.18 Å². The maximum atomic E-state index is 13.7. The largest absolute Gasteiger partial charge is 0.293 e. The highest BCUT2D eigenvalue weighted by atomic mass is 19.1. The highest BCUT2D eigenvalue weighted by molar-refractivity contribution is 5.97. The Bertz CT molecular complexity index is 637. The zero-order valence-corrected chi connectivity index (χ0v) is 12.7. The number of hydrazone groups is 1. The fraction of sp³-hybridized carbons (Fsp3) is 0.529. The zero-order valence-electron chi connectivity index (χ0n) is 12.7. The van der Waals surface area contributed by atoms with Crippen molar-refractivity contribution in [3.63, 3.8) is 0 Å². The zero-order chi connectivity index (χ0) is 15.3. The lowest BCUT2D eigenvalue weighted by Crippen LogP contribution is -2.56. The van der Waals surface area contributed by atoms with E-state index in [-0.39, 0.29) is 23.8 Å². The number of rotatable bonds is 2. The van der Waals surface area contributed by atoms with Gasteiger partial charge in [0.2, 0.25) is 5.91 Å². The van der Waals surface area contributed by atoms with Gasteiger partial charge in [-0.15, -0.1) is 0 Å². The van der Waals surface area contributed by atoms with E-state index in [4.69, 9.17) is 0 Å². The van der Waals surface area contributed by atoms with Crippen molar-refractivity contribution in [2.45, 2.75) is 38.3 Å². The number of fused-ring (bicyclic) bond motifs is 2. The average Bonchev–Trinajstić information content (AvgIpc) is 2.97. The summed E-state index contributed by atoms with van der Waals surface area (Å²) in [6, 6.07) is 6.56. The third-order valence-electron chi connectivity index (χ3n) is 5.18. The van der Waals surface area contributed by atoms with E-state index in [1.165, 1.54) is 6.07 Å². The number of benzene rings is 1. The minimum Gasteiger partial charge on any atom is -0.293 e. The molecule has 5 rings (SSSR count). The Kier molecular flexibility index (Phi) is 3.26. The van der Waals surface area contributed by atoms with Gasteiger partial charge < -0.3 is 0 Å². The van der Waals surface area contributed by atoms with E-state index < -0.39 is 0 Å². The van der Waals surface area contributed by atoms with Gasteiger partial charge in [-0.1, -0.05) is 19.1 Å².